The van der Waals surface area contributed by atoms with E-state index in [1.165, 1.54) is 19.1 Å². The van der Waals surface area contributed by atoms with Crippen LogP contribution in [-0.2, 0) is 0 Å². The van der Waals surface area contributed by atoms with E-state index in [4.69, 9.17) is 0 Å². The van der Waals surface area contributed by atoms with Gasteiger partial charge in [-0.25, -0.2) is 0 Å². The van der Waals surface area contributed by atoms with Crippen molar-refractivity contribution in [3.8, 4) is 5.75 Å². The Morgan fingerprint density at radius 2 is 1.58 bits per heavy atom. The lowest BCUT2D eigenvalue weighted by Crippen LogP contribution is -1.91. The normalized spacial score (nSPS) is 10.8. The van der Waals surface area contributed by atoms with Crippen molar-refractivity contribution in [1.29, 1.82) is 0 Å². The summed E-state index contributed by atoms with van der Waals surface area (Å²) in [6, 6.07) is 12.2. The molecule has 0 spiro atoms. The minimum atomic E-state index is -0.204. The number of aryl methyl sites for hydroxylation is 1. The fourth-order valence-electron chi connectivity index (χ4n) is 1.60. The molecule has 0 atom stereocenters. The average molecular weight is 254 g/mol. The molecule has 0 aliphatic heterocycles. The van der Waals surface area contributed by atoms with Crippen LogP contribution in [0.25, 0.3) is 0 Å². The van der Waals surface area contributed by atoms with Gasteiger partial charge in [-0.15, -0.1) is 0 Å². The molecule has 2 aromatic carbocycles. The van der Waals surface area contributed by atoms with Gasteiger partial charge in [0.1, 0.15) is 5.75 Å². The smallest absolute Gasteiger partial charge is 0.163 e. The average Bonchev–Trinajstić information content (AvgIpc) is 2.39. The van der Waals surface area contributed by atoms with Crippen LogP contribution >= 0.6 is 0 Å². The molecule has 0 aliphatic rings. The molecule has 0 saturated carbocycles. The van der Waals surface area contributed by atoms with Crippen molar-refractivity contribution in [2.45, 2.75) is 13.8 Å². The molecule has 96 valence electrons. The molecule has 0 fully saturated rings. The maximum absolute atomic E-state index is 11.3. The van der Waals surface area contributed by atoms with Crippen molar-refractivity contribution in [3.05, 3.63) is 53.6 Å². The zero-order valence-corrected chi connectivity index (χ0v) is 10.8. The standard InChI is InChI=1S/C15H14N2O2/c1-10-3-5-12(6-4-10)16-17-13-7-8-15(19)14(9-13)11(2)18/h3-9,19H,1-2H3. The number of ketones is 1. The van der Waals surface area contributed by atoms with Crippen LogP contribution in [0.5, 0.6) is 5.75 Å². The maximum Gasteiger partial charge on any atom is 0.163 e. The SMILES string of the molecule is CC(=O)c1cc(N=Nc2ccc(C)cc2)ccc1O. The molecule has 0 aliphatic carbocycles. The second kappa shape index (κ2) is 5.44. The monoisotopic (exact) mass is 254 g/mol. The van der Waals surface area contributed by atoms with Gasteiger partial charge in [0.25, 0.3) is 0 Å². The highest BCUT2D eigenvalue weighted by Crippen LogP contribution is 2.25. The van der Waals surface area contributed by atoms with Crippen LogP contribution in [0.2, 0.25) is 0 Å². The fourth-order valence-corrected chi connectivity index (χ4v) is 1.60. The number of nitrogens with zero attached hydrogens (tertiary/aromatic N) is 2. The van der Waals surface area contributed by atoms with E-state index >= 15 is 0 Å². The van der Waals surface area contributed by atoms with Crippen molar-refractivity contribution in [2.24, 2.45) is 10.2 Å². The van der Waals surface area contributed by atoms with Crippen molar-refractivity contribution in [2.75, 3.05) is 0 Å². The van der Waals surface area contributed by atoms with E-state index in [2.05, 4.69) is 10.2 Å². The molecule has 0 aromatic heterocycles. The Morgan fingerprint density at radius 3 is 2.21 bits per heavy atom. The number of carbonyl (C=O) groups excluding carboxylic acids is 1. The van der Waals surface area contributed by atoms with E-state index in [1.54, 1.807) is 6.07 Å². The highest BCUT2D eigenvalue weighted by molar-refractivity contribution is 5.97. The molecular formula is C15H14N2O2. The van der Waals surface area contributed by atoms with Crippen molar-refractivity contribution in [3.63, 3.8) is 0 Å². The van der Waals surface area contributed by atoms with Crippen LogP contribution in [0, 0.1) is 6.92 Å². The minimum absolute atomic E-state index is 0.0400. The Morgan fingerprint density at radius 1 is 1.00 bits per heavy atom. The van der Waals surface area contributed by atoms with Crippen LogP contribution in [0.3, 0.4) is 0 Å². The highest BCUT2D eigenvalue weighted by Gasteiger charge is 2.06. The van der Waals surface area contributed by atoms with Gasteiger partial charge in [0.2, 0.25) is 0 Å². The topological polar surface area (TPSA) is 62.0 Å². The number of hydrogen-bond acceptors (Lipinski definition) is 4. The third-order valence-electron chi connectivity index (χ3n) is 2.67. The van der Waals surface area contributed by atoms with Gasteiger partial charge >= 0.3 is 0 Å². The summed E-state index contributed by atoms with van der Waals surface area (Å²) in [5, 5.41) is 17.7. The minimum Gasteiger partial charge on any atom is -0.507 e. The van der Waals surface area contributed by atoms with Gasteiger partial charge in [-0.3, -0.25) is 4.79 Å². The number of phenolic OH excluding ortho intramolecular Hbond substituents is 1. The zero-order chi connectivity index (χ0) is 13.8. The summed E-state index contributed by atoms with van der Waals surface area (Å²) in [4.78, 5) is 11.3. The van der Waals surface area contributed by atoms with Crippen LogP contribution in [-0.4, -0.2) is 10.9 Å². The first-order valence-electron chi connectivity index (χ1n) is 5.88. The van der Waals surface area contributed by atoms with E-state index in [1.807, 2.05) is 31.2 Å². The lowest BCUT2D eigenvalue weighted by atomic mass is 10.1. The molecule has 4 heteroatoms. The number of aromatic hydroxyl groups is 1. The number of azo groups is 1. The lowest BCUT2D eigenvalue weighted by molar-refractivity contribution is 0.101. The third-order valence-corrected chi connectivity index (χ3v) is 2.67. The Kier molecular flexibility index (Phi) is 3.71. The van der Waals surface area contributed by atoms with E-state index in [0.29, 0.717) is 5.69 Å². The second-order valence-corrected chi connectivity index (χ2v) is 4.29. The molecular weight excluding hydrogens is 240 g/mol. The molecule has 0 radical (unpaired) electrons. The molecule has 4 nitrogen and oxygen atoms in total. The molecule has 2 aromatic rings. The van der Waals surface area contributed by atoms with E-state index in [9.17, 15) is 9.90 Å². The van der Waals surface area contributed by atoms with Crippen molar-refractivity contribution >= 4 is 17.2 Å². The Bertz CT molecular complexity index is 631. The number of benzene rings is 2. The number of rotatable bonds is 3. The number of Topliss-reactive ketones (excluding diaryl/α,β-unsaturated/α-hetero) is 1. The molecule has 0 saturated heterocycles. The van der Waals surface area contributed by atoms with Crippen LogP contribution < -0.4 is 0 Å². The molecule has 0 amide bonds. The van der Waals surface area contributed by atoms with E-state index in [-0.39, 0.29) is 17.1 Å². The Balaban J connectivity index is 2.26. The third kappa shape index (κ3) is 3.25. The van der Waals surface area contributed by atoms with Crippen LogP contribution in [0.1, 0.15) is 22.8 Å². The second-order valence-electron chi connectivity index (χ2n) is 4.29. The van der Waals surface area contributed by atoms with Gasteiger partial charge in [-0.05, 0) is 44.2 Å². The summed E-state index contributed by atoms with van der Waals surface area (Å²) in [6.07, 6.45) is 0. The van der Waals surface area contributed by atoms with Gasteiger partial charge in [-0.1, -0.05) is 17.7 Å². The highest BCUT2D eigenvalue weighted by atomic mass is 16.3. The Labute approximate surface area is 111 Å². The first-order valence-corrected chi connectivity index (χ1v) is 5.88. The summed E-state index contributed by atoms with van der Waals surface area (Å²) in [5.41, 5.74) is 2.68. The first kappa shape index (κ1) is 13.0. The molecule has 1 N–H and O–H groups in total. The summed E-state index contributed by atoms with van der Waals surface area (Å²) >= 11 is 0. The van der Waals surface area contributed by atoms with Crippen molar-refractivity contribution < 1.29 is 9.90 Å². The van der Waals surface area contributed by atoms with Gasteiger partial charge < -0.3 is 5.11 Å². The summed E-state index contributed by atoms with van der Waals surface area (Å²) in [5.74, 6) is -0.244. The quantitative estimate of drug-likeness (QED) is 0.655. The van der Waals surface area contributed by atoms with E-state index in [0.717, 1.165) is 11.3 Å². The van der Waals surface area contributed by atoms with Crippen LogP contribution in [0.15, 0.2) is 52.7 Å². The molecule has 0 bridgehead atoms. The van der Waals surface area contributed by atoms with Gasteiger partial charge in [0.15, 0.2) is 5.78 Å². The summed E-state index contributed by atoms with van der Waals surface area (Å²) < 4.78 is 0. The lowest BCUT2D eigenvalue weighted by Gasteiger charge is -2.01. The van der Waals surface area contributed by atoms with Gasteiger partial charge in [-0.2, -0.15) is 10.2 Å². The van der Waals surface area contributed by atoms with E-state index < -0.39 is 0 Å². The summed E-state index contributed by atoms with van der Waals surface area (Å²) in [6.45, 7) is 3.40. The Hall–Kier alpha value is -2.49. The first-order chi connectivity index (χ1) is 9.06. The number of carbonyl (C=O) groups is 1. The fraction of sp³-hybridized carbons (Fsp3) is 0.133. The molecule has 2 rings (SSSR count). The number of hydrogen-bond donors (Lipinski definition) is 1. The number of phenols is 1. The molecule has 19 heavy (non-hydrogen) atoms. The van der Waals surface area contributed by atoms with Crippen LogP contribution in [0.4, 0.5) is 11.4 Å². The van der Waals surface area contributed by atoms with Crippen molar-refractivity contribution in [1.82, 2.24) is 0 Å². The maximum atomic E-state index is 11.3. The predicted octanol–water partition coefficient (Wildman–Crippen LogP) is 4.32. The zero-order valence-electron chi connectivity index (χ0n) is 10.8. The van der Waals surface area contributed by atoms with Gasteiger partial charge in [0, 0.05) is 0 Å². The molecule has 0 unspecified atom stereocenters. The summed E-state index contributed by atoms with van der Waals surface area (Å²) in [7, 11) is 0. The predicted molar refractivity (Wildman–Crippen MR) is 73.5 cm³/mol. The van der Waals surface area contributed by atoms with Gasteiger partial charge in [0.05, 0.1) is 16.9 Å². The largest absolute Gasteiger partial charge is 0.507 e. The molecule has 0 heterocycles.